The van der Waals surface area contributed by atoms with Gasteiger partial charge in [-0.1, -0.05) is 12.8 Å². The molecule has 0 aromatic rings. The molecule has 4 N–H and O–H groups in total. The van der Waals surface area contributed by atoms with Crippen molar-refractivity contribution < 1.29 is 19.8 Å². The van der Waals surface area contributed by atoms with Crippen molar-refractivity contribution in [1.82, 2.24) is 10.6 Å². The van der Waals surface area contributed by atoms with Crippen LogP contribution >= 0.6 is 0 Å². The zero-order valence-electron chi connectivity index (χ0n) is 7.95. The van der Waals surface area contributed by atoms with Gasteiger partial charge >= 0.3 is 12.2 Å². The molecule has 0 aromatic carbocycles. The van der Waals surface area contributed by atoms with Gasteiger partial charge in [-0.05, 0) is 12.8 Å². The zero-order chi connectivity index (χ0) is 10.8. The van der Waals surface area contributed by atoms with Crippen LogP contribution in [0.25, 0.3) is 0 Å². The van der Waals surface area contributed by atoms with Crippen LogP contribution in [0, 0.1) is 0 Å². The first-order chi connectivity index (χ1) is 6.63. The molecule has 0 fully saturated rings. The van der Waals surface area contributed by atoms with E-state index in [1.54, 1.807) is 0 Å². The zero-order valence-corrected chi connectivity index (χ0v) is 7.95. The molecule has 0 unspecified atom stereocenters. The lowest BCUT2D eigenvalue weighted by atomic mass is 10.2. The minimum atomic E-state index is -1.00. The normalized spacial score (nSPS) is 9.43. The number of hydrogen-bond donors (Lipinski definition) is 4. The van der Waals surface area contributed by atoms with Crippen molar-refractivity contribution in [3.8, 4) is 0 Å². The Morgan fingerprint density at radius 1 is 0.786 bits per heavy atom. The van der Waals surface area contributed by atoms with Gasteiger partial charge in [-0.15, -0.1) is 0 Å². The first-order valence-corrected chi connectivity index (χ1v) is 4.56. The van der Waals surface area contributed by atoms with E-state index in [1.807, 2.05) is 0 Å². The smallest absolute Gasteiger partial charge is 0.404 e. The molecule has 0 rings (SSSR count). The standard InChI is InChI=1S/C8H16N2O4/c11-7(12)9-5-3-1-2-4-6-10-8(13)14/h9-10H,1-6H2,(H,11,12)(H,13,14). The molecular weight excluding hydrogens is 188 g/mol. The molecule has 82 valence electrons. The summed E-state index contributed by atoms with van der Waals surface area (Å²) in [6.07, 6.45) is 1.39. The molecule has 0 aliphatic heterocycles. The summed E-state index contributed by atoms with van der Waals surface area (Å²) in [5.74, 6) is 0. The molecule has 0 radical (unpaired) electrons. The highest BCUT2D eigenvalue weighted by molar-refractivity contribution is 5.64. The van der Waals surface area contributed by atoms with E-state index in [0.29, 0.717) is 13.1 Å². The summed E-state index contributed by atoms with van der Waals surface area (Å²) < 4.78 is 0. The van der Waals surface area contributed by atoms with Crippen LogP contribution in [0.2, 0.25) is 0 Å². The summed E-state index contributed by atoms with van der Waals surface area (Å²) in [6, 6.07) is 0. The predicted octanol–water partition coefficient (Wildman–Crippen LogP) is 1.08. The summed E-state index contributed by atoms with van der Waals surface area (Å²) in [5.41, 5.74) is 0. The maximum Gasteiger partial charge on any atom is 0.404 e. The van der Waals surface area contributed by atoms with Crippen LogP contribution in [-0.2, 0) is 0 Å². The summed E-state index contributed by atoms with van der Waals surface area (Å²) in [6.45, 7) is 0.920. The molecule has 0 saturated carbocycles. The third kappa shape index (κ3) is 10.5. The summed E-state index contributed by atoms with van der Waals surface area (Å²) in [4.78, 5) is 20.0. The molecule has 0 aromatic heterocycles. The number of carboxylic acid groups (broad SMARTS) is 2. The van der Waals surface area contributed by atoms with E-state index < -0.39 is 12.2 Å². The minimum Gasteiger partial charge on any atom is -0.465 e. The Labute approximate surface area is 82.3 Å². The Hall–Kier alpha value is -1.46. The lowest BCUT2D eigenvalue weighted by molar-refractivity contribution is 0.192. The number of hydrogen-bond acceptors (Lipinski definition) is 2. The number of carbonyl (C=O) groups is 2. The Balaban J connectivity index is 2.99. The fraction of sp³-hybridized carbons (Fsp3) is 0.750. The average molecular weight is 204 g/mol. The van der Waals surface area contributed by atoms with E-state index >= 15 is 0 Å². The molecule has 0 saturated heterocycles. The van der Waals surface area contributed by atoms with Gasteiger partial charge < -0.3 is 20.8 Å². The SMILES string of the molecule is O=C(O)NCCCCCCNC(=O)O. The van der Waals surface area contributed by atoms with E-state index in [1.165, 1.54) is 0 Å². The second-order valence-corrected chi connectivity index (χ2v) is 2.88. The monoisotopic (exact) mass is 204 g/mol. The van der Waals surface area contributed by atoms with E-state index in [9.17, 15) is 9.59 Å². The second kappa shape index (κ2) is 8.15. The molecule has 14 heavy (non-hydrogen) atoms. The summed E-state index contributed by atoms with van der Waals surface area (Å²) in [7, 11) is 0. The van der Waals surface area contributed by atoms with Crippen molar-refractivity contribution in [2.75, 3.05) is 13.1 Å². The molecule has 6 heteroatoms. The fourth-order valence-electron chi connectivity index (χ4n) is 0.994. The summed E-state index contributed by atoms with van der Waals surface area (Å²) in [5, 5.41) is 21.0. The number of unbranched alkanes of at least 4 members (excludes halogenated alkanes) is 3. The Morgan fingerprint density at radius 3 is 1.43 bits per heavy atom. The lowest BCUT2D eigenvalue weighted by Crippen LogP contribution is -2.22. The van der Waals surface area contributed by atoms with Gasteiger partial charge in [-0.3, -0.25) is 0 Å². The van der Waals surface area contributed by atoms with Gasteiger partial charge in [-0.2, -0.15) is 0 Å². The lowest BCUT2D eigenvalue weighted by Gasteiger charge is -2.01. The van der Waals surface area contributed by atoms with Crippen LogP contribution in [0.15, 0.2) is 0 Å². The van der Waals surface area contributed by atoms with Crippen molar-refractivity contribution in [2.45, 2.75) is 25.7 Å². The Kier molecular flexibility index (Phi) is 7.30. The van der Waals surface area contributed by atoms with Crippen molar-refractivity contribution in [1.29, 1.82) is 0 Å². The Bertz CT molecular complexity index is 164. The van der Waals surface area contributed by atoms with Gasteiger partial charge in [0, 0.05) is 13.1 Å². The van der Waals surface area contributed by atoms with Crippen molar-refractivity contribution in [3.63, 3.8) is 0 Å². The highest BCUT2D eigenvalue weighted by atomic mass is 16.4. The number of rotatable bonds is 7. The first kappa shape index (κ1) is 12.5. The van der Waals surface area contributed by atoms with Gasteiger partial charge in [-0.25, -0.2) is 9.59 Å². The van der Waals surface area contributed by atoms with E-state index in [2.05, 4.69) is 10.6 Å². The van der Waals surface area contributed by atoms with Crippen LogP contribution in [0.4, 0.5) is 9.59 Å². The molecule has 0 aliphatic carbocycles. The number of nitrogens with one attached hydrogen (secondary N) is 2. The molecule has 0 aliphatic rings. The Morgan fingerprint density at radius 2 is 1.14 bits per heavy atom. The topological polar surface area (TPSA) is 98.7 Å². The van der Waals surface area contributed by atoms with Gasteiger partial charge in [0.15, 0.2) is 0 Å². The van der Waals surface area contributed by atoms with Crippen molar-refractivity contribution in [2.24, 2.45) is 0 Å². The third-order valence-electron chi connectivity index (χ3n) is 1.66. The fourth-order valence-corrected chi connectivity index (χ4v) is 0.994. The predicted molar refractivity (Wildman–Crippen MR) is 50.5 cm³/mol. The highest BCUT2D eigenvalue weighted by Crippen LogP contribution is 1.97. The number of amides is 2. The van der Waals surface area contributed by atoms with Crippen LogP contribution in [0.5, 0.6) is 0 Å². The molecule has 0 atom stereocenters. The van der Waals surface area contributed by atoms with Gasteiger partial charge in [0.2, 0.25) is 0 Å². The second-order valence-electron chi connectivity index (χ2n) is 2.88. The molecular formula is C8H16N2O4. The summed E-state index contributed by atoms with van der Waals surface area (Å²) >= 11 is 0. The van der Waals surface area contributed by atoms with Crippen molar-refractivity contribution in [3.05, 3.63) is 0 Å². The maximum absolute atomic E-state index is 10.0. The molecule has 2 amide bonds. The van der Waals surface area contributed by atoms with Crippen LogP contribution in [0.1, 0.15) is 25.7 Å². The average Bonchev–Trinajstić information content (AvgIpc) is 2.08. The van der Waals surface area contributed by atoms with Crippen molar-refractivity contribution >= 4 is 12.2 Å². The molecule has 0 spiro atoms. The quantitative estimate of drug-likeness (QED) is 0.466. The van der Waals surface area contributed by atoms with Gasteiger partial charge in [0.1, 0.15) is 0 Å². The first-order valence-electron chi connectivity index (χ1n) is 4.56. The van der Waals surface area contributed by atoms with Crippen LogP contribution in [-0.4, -0.2) is 35.5 Å². The maximum atomic E-state index is 10.0. The third-order valence-corrected chi connectivity index (χ3v) is 1.66. The van der Waals surface area contributed by atoms with Crippen LogP contribution < -0.4 is 10.6 Å². The van der Waals surface area contributed by atoms with E-state index in [4.69, 9.17) is 10.2 Å². The van der Waals surface area contributed by atoms with Gasteiger partial charge in [0.05, 0.1) is 0 Å². The molecule has 0 bridgehead atoms. The van der Waals surface area contributed by atoms with E-state index in [0.717, 1.165) is 25.7 Å². The largest absolute Gasteiger partial charge is 0.465 e. The van der Waals surface area contributed by atoms with Crippen LogP contribution in [0.3, 0.4) is 0 Å². The molecule has 6 nitrogen and oxygen atoms in total. The molecule has 0 heterocycles. The van der Waals surface area contributed by atoms with E-state index in [-0.39, 0.29) is 0 Å². The minimum absolute atomic E-state index is 0.460. The van der Waals surface area contributed by atoms with Gasteiger partial charge in [0.25, 0.3) is 0 Å². The highest BCUT2D eigenvalue weighted by Gasteiger charge is 1.95.